The fourth-order valence-electron chi connectivity index (χ4n) is 2.43. The molecule has 22 heavy (non-hydrogen) atoms. The van der Waals surface area contributed by atoms with Crippen LogP contribution in [0.3, 0.4) is 0 Å². The highest BCUT2D eigenvalue weighted by Crippen LogP contribution is 2.30. The van der Waals surface area contributed by atoms with Gasteiger partial charge < -0.3 is 19.6 Å². The van der Waals surface area contributed by atoms with Crippen LogP contribution in [0.4, 0.5) is 5.69 Å². The van der Waals surface area contributed by atoms with Gasteiger partial charge in [0.15, 0.2) is 0 Å². The van der Waals surface area contributed by atoms with Crippen molar-refractivity contribution in [3.8, 4) is 5.75 Å². The van der Waals surface area contributed by atoms with Crippen LogP contribution in [0.15, 0.2) is 18.2 Å². The van der Waals surface area contributed by atoms with Gasteiger partial charge in [-0.2, -0.15) is 0 Å². The molecule has 0 atom stereocenters. The second kappa shape index (κ2) is 9.30. The Morgan fingerprint density at radius 2 is 1.91 bits per heavy atom. The zero-order valence-corrected chi connectivity index (χ0v) is 14.1. The highest BCUT2D eigenvalue weighted by Gasteiger charge is 2.11. The number of hydrogen-bond acceptors (Lipinski definition) is 4. The lowest BCUT2D eigenvalue weighted by Crippen LogP contribution is -2.23. The predicted octanol–water partition coefficient (Wildman–Crippen LogP) is 2.84. The summed E-state index contributed by atoms with van der Waals surface area (Å²) in [6.07, 6.45) is 0.159. The summed E-state index contributed by atoms with van der Waals surface area (Å²) >= 11 is 0. The Hall–Kier alpha value is -1.75. The number of benzene rings is 1. The van der Waals surface area contributed by atoms with E-state index >= 15 is 0 Å². The third-order valence-corrected chi connectivity index (χ3v) is 3.59. The lowest BCUT2D eigenvalue weighted by Gasteiger charge is -2.25. The number of hydrogen-bond donors (Lipinski definition) is 1. The molecule has 0 aliphatic carbocycles. The summed E-state index contributed by atoms with van der Waals surface area (Å²) in [4.78, 5) is 14.9. The van der Waals surface area contributed by atoms with Gasteiger partial charge in [-0.3, -0.25) is 4.79 Å². The SMILES string of the molecule is CCOc1cc(CN(C)CCC(=O)O)ccc1N(CC)CC. The topological polar surface area (TPSA) is 53.0 Å². The number of carboxylic acid groups (broad SMARTS) is 1. The van der Waals surface area contributed by atoms with Crippen LogP contribution in [-0.4, -0.2) is 49.3 Å². The second-order valence-corrected chi connectivity index (χ2v) is 5.29. The summed E-state index contributed by atoms with van der Waals surface area (Å²) in [6.45, 7) is 10.0. The highest BCUT2D eigenvalue weighted by atomic mass is 16.5. The van der Waals surface area contributed by atoms with Crippen molar-refractivity contribution in [3.05, 3.63) is 23.8 Å². The Morgan fingerprint density at radius 3 is 2.45 bits per heavy atom. The van der Waals surface area contributed by atoms with Gasteiger partial charge >= 0.3 is 5.97 Å². The molecule has 0 bridgehead atoms. The maximum absolute atomic E-state index is 10.6. The number of nitrogens with zero attached hydrogens (tertiary/aromatic N) is 2. The van der Waals surface area contributed by atoms with E-state index in [1.165, 1.54) is 0 Å². The van der Waals surface area contributed by atoms with Crippen LogP contribution < -0.4 is 9.64 Å². The molecule has 1 N–H and O–H groups in total. The molecule has 5 heteroatoms. The second-order valence-electron chi connectivity index (χ2n) is 5.29. The van der Waals surface area contributed by atoms with E-state index in [0.29, 0.717) is 19.7 Å². The highest BCUT2D eigenvalue weighted by molar-refractivity contribution is 5.66. The third-order valence-electron chi connectivity index (χ3n) is 3.59. The minimum Gasteiger partial charge on any atom is -0.492 e. The minimum absolute atomic E-state index is 0.159. The van der Waals surface area contributed by atoms with Crippen molar-refractivity contribution in [2.75, 3.05) is 38.2 Å². The molecule has 0 aromatic heterocycles. The smallest absolute Gasteiger partial charge is 0.304 e. The normalized spacial score (nSPS) is 10.8. The number of rotatable bonds is 10. The van der Waals surface area contributed by atoms with Crippen LogP contribution in [0.25, 0.3) is 0 Å². The first-order chi connectivity index (χ1) is 10.5. The van der Waals surface area contributed by atoms with Crippen LogP contribution in [0.1, 0.15) is 32.8 Å². The van der Waals surface area contributed by atoms with Crippen LogP contribution in [-0.2, 0) is 11.3 Å². The molecule has 5 nitrogen and oxygen atoms in total. The van der Waals surface area contributed by atoms with Crippen LogP contribution in [0, 0.1) is 0 Å². The molecule has 0 aliphatic heterocycles. The van der Waals surface area contributed by atoms with E-state index in [9.17, 15) is 4.79 Å². The van der Waals surface area contributed by atoms with E-state index in [1.54, 1.807) is 0 Å². The van der Waals surface area contributed by atoms with Gasteiger partial charge in [-0.25, -0.2) is 0 Å². The van der Waals surface area contributed by atoms with Crippen molar-refractivity contribution in [2.24, 2.45) is 0 Å². The molecule has 0 aliphatic rings. The number of carbonyl (C=O) groups is 1. The van der Waals surface area contributed by atoms with Crippen molar-refractivity contribution < 1.29 is 14.6 Å². The fourth-order valence-corrected chi connectivity index (χ4v) is 2.43. The first-order valence-corrected chi connectivity index (χ1v) is 7.92. The van der Waals surface area contributed by atoms with Crippen LogP contribution in [0.2, 0.25) is 0 Å². The summed E-state index contributed by atoms with van der Waals surface area (Å²) < 4.78 is 5.79. The Labute approximate surface area is 133 Å². The van der Waals surface area contributed by atoms with E-state index in [0.717, 1.165) is 30.1 Å². The van der Waals surface area contributed by atoms with Crippen molar-refractivity contribution in [1.29, 1.82) is 0 Å². The molecule has 1 aromatic rings. The number of aliphatic carboxylic acids is 1. The molecule has 0 fully saturated rings. The number of ether oxygens (including phenoxy) is 1. The van der Waals surface area contributed by atoms with Gasteiger partial charge in [-0.1, -0.05) is 6.07 Å². The monoisotopic (exact) mass is 308 g/mol. The average molecular weight is 308 g/mol. The molecule has 0 saturated carbocycles. The zero-order valence-electron chi connectivity index (χ0n) is 14.1. The molecular weight excluding hydrogens is 280 g/mol. The maximum Gasteiger partial charge on any atom is 0.304 e. The summed E-state index contributed by atoms with van der Waals surface area (Å²) in [6, 6.07) is 6.25. The molecule has 0 unspecified atom stereocenters. The van der Waals surface area contributed by atoms with Crippen LogP contribution >= 0.6 is 0 Å². The average Bonchev–Trinajstić information content (AvgIpc) is 2.48. The largest absolute Gasteiger partial charge is 0.492 e. The first-order valence-electron chi connectivity index (χ1n) is 7.92. The standard InChI is InChI=1S/C17H28N2O3/c1-5-19(6-2)15-9-8-14(12-16(15)22-7-3)13-18(4)11-10-17(20)21/h8-9,12H,5-7,10-11,13H2,1-4H3,(H,20,21). The molecule has 0 radical (unpaired) electrons. The van der Waals surface area contributed by atoms with Gasteiger partial charge in [-0.05, 0) is 45.5 Å². The Bertz CT molecular complexity index is 473. The lowest BCUT2D eigenvalue weighted by molar-refractivity contribution is -0.137. The molecular formula is C17H28N2O3. The molecule has 1 rings (SSSR count). The fraction of sp³-hybridized carbons (Fsp3) is 0.588. The Balaban J connectivity index is 2.85. The lowest BCUT2D eigenvalue weighted by atomic mass is 10.1. The molecule has 124 valence electrons. The van der Waals surface area contributed by atoms with E-state index in [4.69, 9.17) is 9.84 Å². The summed E-state index contributed by atoms with van der Waals surface area (Å²) in [7, 11) is 1.93. The maximum atomic E-state index is 10.6. The molecule has 0 heterocycles. The van der Waals surface area contributed by atoms with E-state index in [1.807, 2.05) is 18.9 Å². The quantitative estimate of drug-likeness (QED) is 0.720. The van der Waals surface area contributed by atoms with Gasteiger partial charge in [0, 0.05) is 26.2 Å². The summed E-state index contributed by atoms with van der Waals surface area (Å²) in [5.74, 6) is 0.133. The van der Waals surface area contributed by atoms with Crippen molar-refractivity contribution in [2.45, 2.75) is 33.7 Å². The summed E-state index contributed by atoms with van der Waals surface area (Å²) in [5, 5.41) is 8.74. The van der Waals surface area contributed by atoms with Crippen molar-refractivity contribution in [1.82, 2.24) is 4.90 Å². The molecule has 0 amide bonds. The Morgan fingerprint density at radius 1 is 1.23 bits per heavy atom. The minimum atomic E-state index is -0.765. The van der Waals surface area contributed by atoms with Gasteiger partial charge in [0.1, 0.15) is 5.75 Å². The summed E-state index contributed by atoms with van der Waals surface area (Å²) in [5.41, 5.74) is 2.25. The van der Waals surface area contributed by atoms with Crippen LogP contribution in [0.5, 0.6) is 5.75 Å². The van der Waals surface area contributed by atoms with E-state index in [-0.39, 0.29) is 6.42 Å². The zero-order chi connectivity index (χ0) is 16.5. The molecule has 1 aromatic carbocycles. The van der Waals surface area contributed by atoms with Crippen molar-refractivity contribution in [3.63, 3.8) is 0 Å². The van der Waals surface area contributed by atoms with E-state index < -0.39 is 5.97 Å². The van der Waals surface area contributed by atoms with Gasteiger partial charge in [-0.15, -0.1) is 0 Å². The van der Waals surface area contributed by atoms with Crippen molar-refractivity contribution >= 4 is 11.7 Å². The van der Waals surface area contributed by atoms with E-state index in [2.05, 4.69) is 36.9 Å². The van der Waals surface area contributed by atoms with Gasteiger partial charge in [0.05, 0.1) is 18.7 Å². The third kappa shape index (κ3) is 5.56. The Kier molecular flexibility index (Phi) is 7.74. The first kappa shape index (κ1) is 18.3. The van der Waals surface area contributed by atoms with Gasteiger partial charge in [0.2, 0.25) is 0 Å². The molecule has 0 spiro atoms. The predicted molar refractivity (Wildman–Crippen MR) is 89.8 cm³/mol. The van der Waals surface area contributed by atoms with Gasteiger partial charge in [0.25, 0.3) is 0 Å². The molecule has 0 saturated heterocycles. The number of anilines is 1. The number of carboxylic acids is 1.